The van der Waals surface area contributed by atoms with E-state index in [-0.39, 0.29) is 11.7 Å². The Hall–Kier alpha value is -0.940. The summed E-state index contributed by atoms with van der Waals surface area (Å²) in [5.41, 5.74) is 0. The van der Waals surface area contributed by atoms with Gasteiger partial charge in [0.1, 0.15) is 5.82 Å². The maximum Gasteiger partial charge on any atom is 0.261 e. The molecule has 1 N–H and O–H groups in total. The number of halogens is 2. The summed E-state index contributed by atoms with van der Waals surface area (Å²) in [7, 11) is 0. The van der Waals surface area contributed by atoms with Crippen molar-refractivity contribution in [3.63, 3.8) is 0 Å². The highest BCUT2D eigenvalue weighted by Gasteiger charge is 2.10. The van der Waals surface area contributed by atoms with Crippen molar-refractivity contribution in [3.05, 3.63) is 35.0 Å². The molecule has 2 nitrogen and oxygen atoms in total. The molecule has 0 aliphatic heterocycles. The smallest absolute Gasteiger partial charge is 0.261 e. The molecular formula is C14H15BrFNOS. The van der Waals surface area contributed by atoms with Crippen LogP contribution in [0.4, 0.5) is 4.39 Å². The first-order chi connectivity index (χ1) is 9.10. The van der Waals surface area contributed by atoms with Gasteiger partial charge in [-0.2, -0.15) is 0 Å². The minimum atomic E-state index is -0.272. The van der Waals surface area contributed by atoms with E-state index in [0.29, 0.717) is 16.2 Å². The van der Waals surface area contributed by atoms with Gasteiger partial charge in [0.25, 0.3) is 5.91 Å². The molecule has 1 aromatic heterocycles. The van der Waals surface area contributed by atoms with Crippen LogP contribution >= 0.6 is 27.3 Å². The van der Waals surface area contributed by atoms with Gasteiger partial charge in [-0.1, -0.05) is 28.9 Å². The number of fused-ring (bicyclic) bond motifs is 1. The third kappa shape index (κ3) is 3.76. The quantitative estimate of drug-likeness (QED) is 0.804. The zero-order valence-electron chi connectivity index (χ0n) is 10.6. The summed E-state index contributed by atoms with van der Waals surface area (Å²) >= 11 is 4.85. The monoisotopic (exact) mass is 343 g/mol. The van der Waals surface area contributed by atoms with Gasteiger partial charge in [-0.15, -0.1) is 11.3 Å². The minimum absolute atomic E-state index is 0.0857. The average molecular weight is 344 g/mol. The lowest BCUT2D eigenvalue weighted by atomic mass is 10.2. The van der Waals surface area contributed by atoms with E-state index in [4.69, 9.17) is 0 Å². The zero-order valence-corrected chi connectivity index (χ0v) is 13.0. The van der Waals surface area contributed by atoms with Crippen molar-refractivity contribution in [2.24, 2.45) is 0 Å². The molecule has 0 saturated heterocycles. The normalized spacial score (nSPS) is 12.6. The zero-order chi connectivity index (χ0) is 13.8. The van der Waals surface area contributed by atoms with Crippen LogP contribution in [-0.2, 0) is 0 Å². The van der Waals surface area contributed by atoms with Gasteiger partial charge >= 0.3 is 0 Å². The summed E-state index contributed by atoms with van der Waals surface area (Å²) in [6.07, 6.45) is 1.94. The van der Waals surface area contributed by atoms with Gasteiger partial charge in [0.05, 0.1) is 4.88 Å². The number of hydrogen-bond donors (Lipinski definition) is 1. The highest BCUT2D eigenvalue weighted by molar-refractivity contribution is 9.09. The van der Waals surface area contributed by atoms with E-state index in [2.05, 4.69) is 28.2 Å². The predicted octanol–water partition coefficient (Wildman–Crippen LogP) is 4.33. The number of benzene rings is 1. The molecule has 0 fully saturated rings. The first-order valence-corrected chi connectivity index (χ1v) is 7.94. The maximum absolute atomic E-state index is 13.1. The molecule has 1 amide bonds. The van der Waals surface area contributed by atoms with E-state index in [1.807, 2.05) is 0 Å². The number of amides is 1. The Morgan fingerprint density at radius 1 is 1.47 bits per heavy atom. The van der Waals surface area contributed by atoms with Crippen LogP contribution in [0.3, 0.4) is 0 Å². The Kier molecular flexibility index (Phi) is 4.93. The molecule has 0 saturated carbocycles. The lowest BCUT2D eigenvalue weighted by Crippen LogP contribution is -2.25. The number of nitrogens with one attached hydrogen (secondary N) is 1. The van der Waals surface area contributed by atoms with E-state index in [9.17, 15) is 9.18 Å². The number of rotatable bonds is 5. The van der Waals surface area contributed by atoms with E-state index < -0.39 is 0 Å². The largest absolute Gasteiger partial charge is 0.351 e. The summed E-state index contributed by atoms with van der Waals surface area (Å²) < 4.78 is 13.9. The molecule has 0 spiro atoms. The third-order valence-electron chi connectivity index (χ3n) is 2.89. The van der Waals surface area contributed by atoms with Gasteiger partial charge < -0.3 is 5.32 Å². The molecule has 102 valence electrons. The molecule has 0 radical (unpaired) electrons. The van der Waals surface area contributed by atoms with Gasteiger partial charge in [0.15, 0.2) is 0 Å². The highest BCUT2D eigenvalue weighted by Crippen LogP contribution is 2.26. The Morgan fingerprint density at radius 2 is 2.26 bits per heavy atom. The lowest BCUT2D eigenvalue weighted by Gasteiger charge is -2.07. The molecule has 19 heavy (non-hydrogen) atoms. The molecule has 1 unspecified atom stereocenters. The van der Waals surface area contributed by atoms with Gasteiger partial charge in [0, 0.05) is 16.1 Å². The van der Waals surface area contributed by atoms with Crippen LogP contribution in [-0.4, -0.2) is 17.3 Å². The van der Waals surface area contributed by atoms with Crippen molar-refractivity contribution >= 4 is 43.3 Å². The van der Waals surface area contributed by atoms with Crippen LogP contribution in [0.25, 0.3) is 10.1 Å². The standard InChI is InChI=1S/C14H15BrFNOS/c1-2-10(15)5-6-17-14(18)13-7-9-3-4-11(16)8-12(9)19-13/h3-4,7-8,10H,2,5-6H2,1H3,(H,17,18). The van der Waals surface area contributed by atoms with Crippen molar-refractivity contribution in [1.82, 2.24) is 5.32 Å². The first-order valence-electron chi connectivity index (χ1n) is 6.21. The molecule has 1 aromatic carbocycles. The second kappa shape index (κ2) is 6.48. The number of carbonyl (C=O) groups is 1. The summed E-state index contributed by atoms with van der Waals surface area (Å²) in [5.74, 6) is -0.358. The van der Waals surface area contributed by atoms with Gasteiger partial charge in [-0.05, 0) is 36.4 Å². The molecule has 1 atom stereocenters. The third-order valence-corrected chi connectivity index (χ3v) is 5.09. The summed E-state index contributed by atoms with van der Waals surface area (Å²) in [6, 6.07) is 6.37. The van der Waals surface area contributed by atoms with Crippen molar-refractivity contribution in [3.8, 4) is 0 Å². The topological polar surface area (TPSA) is 29.1 Å². The van der Waals surface area contributed by atoms with Crippen LogP contribution in [0.1, 0.15) is 29.4 Å². The van der Waals surface area contributed by atoms with Crippen LogP contribution in [0.5, 0.6) is 0 Å². The SMILES string of the molecule is CCC(Br)CCNC(=O)c1cc2ccc(F)cc2s1. The van der Waals surface area contributed by atoms with Gasteiger partial charge in [-0.25, -0.2) is 4.39 Å². The molecule has 0 aliphatic rings. The average Bonchev–Trinajstić information content (AvgIpc) is 2.81. The summed E-state index contributed by atoms with van der Waals surface area (Å²) in [5, 5.41) is 3.79. The van der Waals surface area contributed by atoms with Crippen molar-refractivity contribution in [1.29, 1.82) is 0 Å². The molecule has 5 heteroatoms. The van der Waals surface area contributed by atoms with Gasteiger partial charge in [-0.3, -0.25) is 4.79 Å². The van der Waals surface area contributed by atoms with E-state index in [1.54, 1.807) is 12.1 Å². The molecule has 1 heterocycles. The first kappa shape index (κ1) is 14.5. The fraction of sp³-hybridized carbons (Fsp3) is 0.357. The predicted molar refractivity (Wildman–Crippen MR) is 81.7 cm³/mol. The number of carbonyl (C=O) groups excluding carboxylic acids is 1. The van der Waals surface area contributed by atoms with Crippen molar-refractivity contribution in [2.45, 2.75) is 24.6 Å². The second-order valence-corrected chi connectivity index (χ2v) is 6.72. The molecule has 0 aliphatic carbocycles. The number of thiophene rings is 1. The molecule has 2 rings (SSSR count). The lowest BCUT2D eigenvalue weighted by molar-refractivity contribution is 0.0957. The molecular weight excluding hydrogens is 329 g/mol. The summed E-state index contributed by atoms with van der Waals surface area (Å²) in [4.78, 5) is 13.0. The number of alkyl halides is 1. The van der Waals surface area contributed by atoms with Gasteiger partial charge in [0.2, 0.25) is 0 Å². The minimum Gasteiger partial charge on any atom is -0.351 e. The van der Waals surface area contributed by atoms with Crippen LogP contribution in [0.15, 0.2) is 24.3 Å². The number of hydrogen-bond acceptors (Lipinski definition) is 2. The fourth-order valence-corrected chi connectivity index (χ4v) is 2.98. The van der Waals surface area contributed by atoms with Crippen LogP contribution in [0, 0.1) is 5.82 Å². The fourth-order valence-electron chi connectivity index (χ4n) is 1.75. The Morgan fingerprint density at radius 3 is 3.00 bits per heavy atom. The Bertz CT molecular complexity index is 584. The van der Waals surface area contributed by atoms with Crippen molar-refractivity contribution in [2.75, 3.05) is 6.54 Å². The van der Waals surface area contributed by atoms with E-state index >= 15 is 0 Å². The maximum atomic E-state index is 13.1. The highest BCUT2D eigenvalue weighted by atomic mass is 79.9. The van der Waals surface area contributed by atoms with Crippen molar-refractivity contribution < 1.29 is 9.18 Å². The molecule has 0 bridgehead atoms. The van der Waals surface area contributed by atoms with E-state index in [0.717, 1.165) is 22.9 Å². The Balaban J connectivity index is 2.01. The summed E-state index contributed by atoms with van der Waals surface area (Å²) in [6.45, 7) is 2.74. The Labute approximate surface area is 124 Å². The molecule has 2 aromatic rings. The van der Waals surface area contributed by atoms with Crippen LogP contribution in [0.2, 0.25) is 0 Å². The van der Waals surface area contributed by atoms with Crippen LogP contribution < -0.4 is 5.32 Å². The van der Waals surface area contributed by atoms with E-state index in [1.165, 1.54) is 23.5 Å². The second-order valence-electron chi connectivity index (χ2n) is 4.34.